The average molecular weight is 647 g/mol. The normalized spacial score (nSPS) is 11.7. The number of benzene rings is 4. The van der Waals surface area contributed by atoms with Gasteiger partial charge in [0, 0.05) is 12.3 Å². The van der Waals surface area contributed by atoms with E-state index >= 15 is 0 Å². The van der Waals surface area contributed by atoms with Crippen molar-refractivity contribution in [3.63, 3.8) is 0 Å². The highest BCUT2D eigenvalue weighted by Crippen LogP contribution is 2.34. The van der Waals surface area contributed by atoms with Crippen LogP contribution in [0.15, 0.2) is 116 Å². The van der Waals surface area contributed by atoms with E-state index in [2.05, 4.69) is 5.32 Å². The number of sulfonamides is 2. The van der Waals surface area contributed by atoms with E-state index in [-0.39, 0.29) is 45.7 Å². The minimum Gasteiger partial charge on any atom is -0.492 e. The van der Waals surface area contributed by atoms with Crippen LogP contribution in [0.1, 0.15) is 18.1 Å². The number of anilines is 1. The highest BCUT2D eigenvalue weighted by molar-refractivity contribution is 8.10. The van der Waals surface area contributed by atoms with E-state index in [0.717, 1.165) is 11.1 Å². The number of carbonyl (C=O) groups excluding carboxylic acids is 1. The van der Waals surface area contributed by atoms with Crippen molar-refractivity contribution in [1.82, 2.24) is 5.32 Å². The lowest BCUT2D eigenvalue weighted by molar-refractivity contribution is -0.119. The zero-order valence-electron chi connectivity index (χ0n) is 24.7. The molecule has 4 aromatic carbocycles. The molecular formula is C33H30N2O8S2. The maximum Gasteiger partial charge on any atom is 0.344 e. The van der Waals surface area contributed by atoms with Crippen LogP contribution in [0.3, 0.4) is 0 Å². The number of nitrogens with zero attached hydrogens (tertiary/aromatic N) is 1. The van der Waals surface area contributed by atoms with Crippen LogP contribution in [-0.4, -0.2) is 35.9 Å². The van der Waals surface area contributed by atoms with Gasteiger partial charge in [-0.1, -0.05) is 42.0 Å². The number of fused-ring (bicyclic) bond motifs is 1. The van der Waals surface area contributed by atoms with Crippen molar-refractivity contribution < 1.29 is 30.8 Å². The third-order valence-electron chi connectivity index (χ3n) is 6.98. The summed E-state index contributed by atoms with van der Waals surface area (Å²) in [6.45, 7) is 5.42. The van der Waals surface area contributed by atoms with Crippen LogP contribution < -0.4 is 19.4 Å². The van der Waals surface area contributed by atoms with E-state index < -0.39 is 25.7 Å². The Balaban J connectivity index is 1.62. The molecule has 0 radical (unpaired) electrons. The SMILES string of the molecule is CC(=O)NCCOc1ccc(S(=O)(=O)N(c2ccc3oc(=O)c(-c4ccccc4C)cc3c2)S(=O)(=O)c2ccc(C)cc2)cc1. The lowest BCUT2D eigenvalue weighted by atomic mass is 10.0. The number of hydrogen-bond donors (Lipinski definition) is 1. The molecule has 1 amide bonds. The molecular weight excluding hydrogens is 617 g/mol. The third-order valence-corrected chi connectivity index (χ3v) is 11.2. The molecule has 1 heterocycles. The maximum absolute atomic E-state index is 14.2. The summed E-state index contributed by atoms with van der Waals surface area (Å²) < 4.78 is 68.0. The van der Waals surface area contributed by atoms with Gasteiger partial charge in [-0.2, -0.15) is 3.71 Å². The molecule has 0 aliphatic rings. The van der Waals surface area contributed by atoms with Crippen molar-refractivity contribution in [3.05, 3.63) is 119 Å². The van der Waals surface area contributed by atoms with E-state index in [1.54, 1.807) is 37.3 Å². The van der Waals surface area contributed by atoms with Crippen LogP contribution in [0.2, 0.25) is 0 Å². The molecule has 45 heavy (non-hydrogen) atoms. The van der Waals surface area contributed by atoms with Gasteiger partial charge in [0.15, 0.2) is 0 Å². The molecule has 1 aromatic heterocycles. The summed E-state index contributed by atoms with van der Waals surface area (Å²) in [5.74, 6) is 0.119. The molecule has 232 valence electrons. The van der Waals surface area contributed by atoms with E-state index in [4.69, 9.17) is 9.15 Å². The summed E-state index contributed by atoms with van der Waals surface area (Å²) in [7, 11) is -9.41. The zero-order valence-corrected chi connectivity index (χ0v) is 26.3. The second kappa shape index (κ2) is 12.6. The van der Waals surface area contributed by atoms with Gasteiger partial charge in [0.05, 0.1) is 27.6 Å². The van der Waals surface area contributed by atoms with Crippen LogP contribution in [0, 0.1) is 13.8 Å². The molecule has 0 bridgehead atoms. The first-order valence-electron chi connectivity index (χ1n) is 13.9. The summed E-state index contributed by atoms with van der Waals surface area (Å²) in [5.41, 5.74) is 1.91. The highest BCUT2D eigenvalue weighted by Gasteiger charge is 2.37. The molecule has 0 unspecified atom stereocenters. The molecule has 5 aromatic rings. The second-order valence-electron chi connectivity index (χ2n) is 10.3. The third kappa shape index (κ3) is 6.61. The van der Waals surface area contributed by atoms with Gasteiger partial charge in [0.25, 0.3) is 20.0 Å². The smallest absolute Gasteiger partial charge is 0.344 e. The first-order chi connectivity index (χ1) is 21.4. The van der Waals surface area contributed by atoms with Gasteiger partial charge in [0.2, 0.25) is 5.91 Å². The van der Waals surface area contributed by atoms with Crippen LogP contribution in [0.5, 0.6) is 5.75 Å². The van der Waals surface area contributed by atoms with Crippen molar-refractivity contribution in [3.8, 4) is 16.9 Å². The molecule has 0 aliphatic heterocycles. The number of aryl methyl sites for hydroxylation is 2. The molecule has 10 nitrogen and oxygen atoms in total. The Hall–Kier alpha value is -4.94. The van der Waals surface area contributed by atoms with Gasteiger partial charge in [-0.15, -0.1) is 0 Å². The van der Waals surface area contributed by atoms with Gasteiger partial charge in [-0.25, -0.2) is 21.6 Å². The monoisotopic (exact) mass is 646 g/mol. The molecule has 0 saturated carbocycles. The predicted molar refractivity (Wildman–Crippen MR) is 171 cm³/mol. The molecule has 0 fully saturated rings. The summed E-state index contributed by atoms with van der Waals surface area (Å²) in [6.07, 6.45) is 0. The van der Waals surface area contributed by atoms with Crippen LogP contribution in [-0.2, 0) is 24.8 Å². The first kappa shape index (κ1) is 31.5. The molecule has 0 spiro atoms. The number of rotatable bonds is 10. The van der Waals surface area contributed by atoms with Crippen molar-refractivity contribution in [2.24, 2.45) is 0 Å². The molecule has 0 aliphatic carbocycles. The van der Waals surface area contributed by atoms with Crippen molar-refractivity contribution in [2.75, 3.05) is 16.9 Å². The highest BCUT2D eigenvalue weighted by atomic mass is 32.3. The average Bonchev–Trinajstić information content (AvgIpc) is 3.00. The van der Waals surface area contributed by atoms with E-state index in [9.17, 15) is 26.4 Å². The Kier molecular flexibility index (Phi) is 8.80. The fourth-order valence-electron chi connectivity index (χ4n) is 4.70. The molecule has 0 atom stereocenters. The van der Waals surface area contributed by atoms with Gasteiger partial charge in [-0.05, 0) is 85.6 Å². The Morgan fingerprint density at radius 1 is 0.800 bits per heavy atom. The van der Waals surface area contributed by atoms with E-state index in [0.29, 0.717) is 20.4 Å². The Bertz CT molecular complexity index is 2160. The summed E-state index contributed by atoms with van der Waals surface area (Å²) in [4.78, 5) is 23.4. The Morgan fingerprint density at radius 2 is 1.42 bits per heavy atom. The number of nitrogens with one attached hydrogen (secondary N) is 1. The fraction of sp³-hybridized carbons (Fsp3) is 0.152. The maximum atomic E-state index is 14.2. The summed E-state index contributed by atoms with van der Waals surface area (Å²) in [5, 5.41) is 2.92. The molecule has 5 rings (SSSR count). The van der Waals surface area contributed by atoms with Gasteiger partial charge >= 0.3 is 5.63 Å². The van der Waals surface area contributed by atoms with Gasteiger partial charge in [0.1, 0.15) is 17.9 Å². The number of amides is 1. The number of carbonyl (C=O) groups is 1. The zero-order chi connectivity index (χ0) is 32.4. The summed E-state index contributed by atoms with van der Waals surface area (Å²) in [6, 6.07) is 23.9. The first-order valence-corrected chi connectivity index (χ1v) is 16.7. The van der Waals surface area contributed by atoms with Gasteiger partial charge < -0.3 is 14.5 Å². The second-order valence-corrected chi connectivity index (χ2v) is 14.1. The number of ether oxygens (including phenoxy) is 1. The van der Waals surface area contributed by atoms with E-state index in [1.165, 1.54) is 61.5 Å². The summed E-state index contributed by atoms with van der Waals surface area (Å²) >= 11 is 0. The molecule has 0 saturated heterocycles. The molecule has 12 heteroatoms. The minimum absolute atomic E-state index is 0.150. The quantitative estimate of drug-likeness (QED) is 0.162. The van der Waals surface area contributed by atoms with Crippen molar-refractivity contribution >= 4 is 42.6 Å². The van der Waals surface area contributed by atoms with Crippen LogP contribution in [0.4, 0.5) is 5.69 Å². The van der Waals surface area contributed by atoms with E-state index in [1.807, 2.05) is 19.1 Å². The van der Waals surface area contributed by atoms with Crippen LogP contribution in [0.25, 0.3) is 22.1 Å². The van der Waals surface area contributed by atoms with Gasteiger partial charge in [-0.3, -0.25) is 4.79 Å². The Labute approximate surface area is 261 Å². The standard InChI is InChI=1S/C33H30N2O8S2/c1-22-8-13-28(14-9-22)44(38,39)35(45(40,41)29-15-11-27(12-16-29)42-19-18-34-24(3)36)26-10-17-32-25(20-26)21-31(33(37)43-32)30-7-5-4-6-23(30)2/h4-17,20-21H,18-19H2,1-3H3,(H,34,36). The van der Waals surface area contributed by atoms with Crippen molar-refractivity contribution in [2.45, 2.75) is 30.6 Å². The molecule has 1 N–H and O–H groups in total. The largest absolute Gasteiger partial charge is 0.492 e. The fourth-order valence-corrected chi connectivity index (χ4v) is 8.37. The minimum atomic E-state index is -4.73. The topological polar surface area (TPSA) is 140 Å². The lowest BCUT2D eigenvalue weighted by Crippen LogP contribution is -2.37. The predicted octanol–water partition coefficient (Wildman–Crippen LogP) is 5.18. The lowest BCUT2D eigenvalue weighted by Gasteiger charge is -2.24. The van der Waals surface area contributed by atoms with Crippen LogP contribution >= 0.6 is 0 Å². The van der Waals surface area contributed by atoms with Crippen molar-refractivity contribution in [1.29, 1.82) is 0 Å². The number of hydrogen-bond acceptors (Lipinski definition) is 8. The Morgan fingerprint density at radius 3 is 2.04 bits per heavy atom.